The van der Waals surface area contributed by atoms with Gasteiger partial charge in [-0.15, -0.1) is 0 Å². The van der Waals surface area contributed by atoms with Crippen molar-refractivity contribution in [3.8, 4) is 0 Å². The number of hydrogen-bond acceptors (Lipinski definition) is 3. The van der Waals surface area contributed by atoms with Crippen LogP contribution in [0.25, 0.3) is 0 Å². The van der Waals surface area contributed by atoms with E-state index in [-0.39, 0.29) is 23.7 Å². The molecule has 0 fully saturated rings. The van der Waals surface area contributed by atoms with Crippen LogP contribution in [0, 0.1) is 5.82 Å². The maximum absolute atomic E-state index is 14.3. The van der Waals surface area contributed by atoms with Gasteiger partial charge in [-0.2, -0.15) is 0 Å². The zero-order valence-corrected chi connectivity index (χ0v) is 21.7. The summed E-state index contributed by atoms with van der Waals surface area (Å²) in [6, 6.07) is 22.7. The number of carbonyl (C=O) groups excluding carboxylic acids is 2. The summed E-state index contributed by atoms with van der Waals surface area (Å²) in [4.78, 5) is 29.0. The second-order valence-corrected chi connectivity index (χ2v) is 10.8. The number of halogens is 3. The van der Waals surface area contributed by atoms with Crippen LogP contribution in [0.1, 0.15) is 26.3 Å². The minimum Gasteiger partial charge on any atom is -0.319 e. The molecule has 9 heteroatoms. The quantitative estimate of drug-likeness (QED) is 0.287. The first-order valence-electron chi connectivity index (χ1n) is 10.8. The van der Waals surface area contributed by atoms with E-state index in [4.69, 9.17) is 11.6 Å². The van der Waals surface area contributed by atoms with E-state index < -0.39 is 22.5 Å². The van der Waals surface area contributed by atoms with Gasteiger partial charge in [-0.1, -0.05) is 51.8 Å². The van der Waals surface area contributed by atoms with Gasteiger partial charge in [0, 0.05) is 15.1 Å². The molecule has 1 aliphatic rings. The van der Waals surface area contributed by atoms with Gasteiger partial charge in [0.25, 0.3) is 11.8 Å². The molecule has 1 heterocycles. The molecule has 5 rings (SSSR count). The molecule has 1 N–H and O–H groups in total. The summed E-state index contributed by atoms with van der Waals surface area (Å²) in [5, 5.41) is 3.07. The van der Waals surface area contributed by atoms with Gasteiger partial charge < -0.3 is 10.2 Å². The SMILES string of the molecule is O=C(Nc1ccc(Br)cc1F)c1ccc2c(c1)N(Cc1cccc(Cl)c1)C(=O)c1ccccc1[S@@]2=O. The lowest BCUT2D eigenvalue weighted by molar-refractivity contribution is 0.0979. The standard InChI is InChI=1S/C27H17BrClFN2O3S/c28-18-9-10-22(21(30)14-18)31-26(33)17-8-11-25-23(13-17)32(15-16-4-3-5-19(29)12-16)27(34)20-6-1-2-7-24(20)36(25)35/h1-14H,15H2,(H,31,33)/t36-/m0/s1. The molecule has 0 spiro atoms. The molecule has 0 saturated carbocycles. The molecule has 4 aromatic carbocycles. The summed E-state index contributed by atoms with van der Waals surface area (Å²) in [5.74, 6) is -1.52. The first kappa shape index (κ1) is 24.4. The highest BCUT2D eigenvalue weighted by Gasteiger charge is 2.31. The summed E-state index contributed by atoms with van der Waals surface area (Å²) < 4.78 is 28.4. The first-order chi connectivity index (χ1) is 17.3. The van der Waals surface area contributed by atoms with Gasteiger partial charge in [-0.3, -0.25) is 9.59 Å². The molecule has 0 radical (unpaired) electrons. The summed E-state index contributed by atoms with van der Waals surface area (Å²) in [5.41, 5.74) is 1.61. The molecule has 2 amide bonds. The highest BCUT2D eigenvalue weighted by atomic mass is 79.9. The number of fused-ring (bicyclic) bond motifs is 2. The Morgan fingerprint density at radius 3 is 2.56 bits per heavy atom. The largest absolute Gasteiger partial charge is 0.319 e. The van der Waals surface area contributed by atoms with Crippen molar-refractivity contribution in [2.24, 2.45) is 0 Å². The van der Waals surface area contributed by atoms with Crippen LogP contribution in [0.15, 0.2) is 99.2 Å². The zero-order valence-electron chi connectivity index (χ0n) is 18.5. The molecule has 0 unspecified atom stereocenters. The zero-order chi connectivity index (χ0) is 25.4. The normalized spacial score (nSPS) is 14.6. The van der Waals surface area contributed by atoms with Gasteiger partial charge in [0.2, 0.25) is 0 Å². The molecule has 0 aliphatic carbocycles. The molecule has 0 aromatic heterocycles. The predicted octanol–water partition coefficient (Wildman–Crippen LogP) is 6.82. The average molecular weight is 584 g/mol. The van der Waals surface area contributed by atoms with E-state index in [2.05, 4.69) is 21.2 Å². The monoisotopic (exact) mass is 582 g/mol. The summed E-state index contributed by atoms with van der Waals surface area (Å²) in [7, 11) is -1.66. The van der Waals surface area contributed by atoms with Crippen LogP contribution in [0.5, 0.6) is 0 Å². The van der Waals surface area contributed by atoms with E-state index in [1.54, 1.807) is 54.6 Å². The van der Waals surface area contributed by atoms with Gasteiger partial charge in [0.05, 0.1) is 44.1 Å². The van der Waals surface area contributed by atoms with Gasteiger partial charge in [0.1, 0.15) is 5.82 Å². The van der Waals surface area contributed by atoms with Crippen LogP contribution in [0.3, 0.4) is 0 Å². The Labute approximate surface area is 222 Å². The molecule has 0 bridgehead atoms. The lowest BCUT2D eigenvalue weighted by Gasteiger charge is -2.24. The van der Waals surface area contributed by atoms with Crippen LogP contribution in [-0.2, 0) is 17.3 Å². The number of anilines is 2. The molecule has 180 valence electrons. The number of hydrogen-bond donors (Lipinski definition) is 1. The molecular formula is C27H17BrClFN2O3S. The maximum Gasteiger partial charge on any atom is 0.259 e. The first-order valence-corrected chi connectivity index (χ1v) is 13.1. The summed E-state index contributed by atoms with van der Waals surface area (Å²) in [6.07, 6.45) is 0. The van der Waals surface area contributed by atoms with Crippen LogP contribution in [0.2, 0.25) is 5.02 Å². The van der Waals surface area contributed by atoms with Crippen molar-refractivity contribution in [1.82, 2.24) is 0 Å². The lowest BCUT2D eigenvalue weighted by Crippen LogP contribution is -2.30. The van der Waals surface area contributed by atoms with Crippen molar-refractivity contribution in [3.05, 3.63) is 117 Å². The van der Waals surface area contributed by atoms with E-state index in [0.717, 1.165) is 5.56 Å². The molecule has 0 saturated heterocycles. The fourth-order valence-electron chi connectivity index (χ4n) is 3.96. The topological polar surface area (TPSA) is 66.5 Å². The number of rotatable bonds is 4. The lowest BCUT2D eigenvalue weighted by atomic mass is 10.1. The van der Waals surface area contributed by atoms with Crippen molar-refractivity contribution < 1.29 is 18.2 Å². The Balaban J connectivity index is 1.59. The van der Waals surface area contributed by atoms with Gasteiger partial charge >= 0.3 is 0 Å². The summed E-state index contributed by atoms with van der Waals surface area (Å²) in [6.45, 7) is 0.143. The van der Waals surface area contributed by atoms with Crippen LogP contribution < -0.4 is 10.2 Å². The Hall–Kier alpha value is -3.33. The van der Waals surface area contributed by atoms with Crippen molar-refractivity contribution >= 4 is 61.5 Å². The third kappa shape index (κ3) is 4.72. The van der Waals surface area contributed by atoms with E-state index >= 15 is 0 Å². The van der Waals surface area contributed by atoms with E-state index in [1.165, 1.54) is 29.2 Å². The van der Waals surface area contributed by atoms with E-state index in [9.17, 15) is 18.2 Å². The minimum absolute atomic E-state index is 0.0148. The molecule has 1 aliphatic heterocycles. The van der Waals surface area contributed by atoms with Crippen LogP contribution in [-0.4, -0.2) is 16.0 Å². The Morgan fingerprint density at radius 1 is 0.972 bits per heavy atom. The van der Waals surface area contributed by atoms with Crippen molar-refractivity contribution in [1.29, 1.82) is 0 Å². The maximum atomic E-state index is 14.3. The minimum atomic E-state index is -1.66. The summed E-state index contributed by atoms with van der Waals surface area (Å²) >= 11 is 9.35. The van der Waals surface area contributed by atoms with Gasteiger partial charge in [0.15, 0.2) is 0 Å². The number of nitrogens with one attached hydrogen (secondary N) is 1. The molecule has 5 nitrogen and oxygen atoms in total. The smallest absolute Gasteiger partial charge is 0.259 e. The second-order valence-electron chi connectivity index (χ2n) is 8.05. The molecular weight excluding hydrogens is 567 g/mol. The fourth-order valence-corrected chi connectivity index (χ4v) is 5.86. The Morgan fingerprint density at radius 2 is 1.78 bits per heavy atom. The van der Waals surface area contributed by atoms with Gasteiger partial charge in [-0.05, 0) is 66.2 Å². The predicted molar refractivity (Wildman–Crippen MR) is 142 cm³/mol. The second kappa shape index (κ2) is 9.97. The third-order valence-corrected chi connectivity index (χ3v) is 7.91. The fraction of sp³-hybridized carbons (Fsp3) is 0.0370. The van der Waals surface area contributed by atoms with Crippen LogP contribution in [0.4, 0.5) is 15.8 Å². The molecule has 1 atom stereocenters. The van der Waals surface area contributed by atoms with Crippen LogP contribution >= 0.6 is 27.5 Å². The van der Waals surface area contributed by atoms with Gasteiger partial charge in [-0.25, -0.2) is 8.60 Å². The molecule has 4 aromatic rings. The van der Waals surface area contributed by atoms with E-state index in [0.29, 0.717) is 30.5 Å². The Bertz CT molecular complexity index is 1560. The average Bonchev–Trinajstić information content (AvgIpc) is 2.95. The highest BCUT2D eigenvalue weighted by Crippen LogP contribution is 2.36. The highest BCUT2D eigenvalue weighted by molar-refractivity contribution is 9.10. The van der Waals surface area contributed by atoms with Crippen molar-refractivity contribution in [2.45, 2.75) is 16.3 Å². The Kier molecular flexibility index (Phi) is 6.75. The van der Waals surface area contributed by atoms with Crippen molar-refractivity contribution in [2.75, 3.05) is 10.2 Å². The number of nitrogens with zero attached hydrogens (tertiary/aromatic N) is 1. The third-order valence-electron chi connectivity index (χ3n) is 5.68. The number of benzene rings is 4. The molecule has 36 heavy (non-hydrogen) atoms. The number of carbonyl (C=O) groups is 2. The van der Waals surface area contributed by atoms with E-state index in [1.807, 2.05) is 6.07 Å². The van der Waals surface area contributed by atoms with Crippen molar-refractivity contribution in [3.63, 3.8) is 0 Å². The number of amides is 2.